The Balaban J connectivity index is 0.000000446. The zero-order chi connectivity index (χ0) is 30.2. The lowest BCUT2D eigenvalue weighted by Crippen LogP contribution is -2.45. The van der Waals surface area contributed by atoms with Crippen molar-refractivity contribution in [3.8, 4) is 11.5 Å². The number of carboxylic acid groups (broad SMARTS) is 2. The van der Waals surface area contributed by atoms with Crippen LogP contribution in [0, 0.1) is 6.92 Å². The number of aromatic nitrogens is 1. The molecule has 4 aromatic rings. The van der Waals surface area contributed by atoms with Gasteiger partial charge in [0, 0.05) is 29.2 Å². The number of methoxy groups -OCH3 is 1. The summed E-state index contributed by atoms with van der Waals surface area (Å²) in [5, 5.41) is 30.0. The maximum absolute atomic E-state index is 10.7. The van der Waals surface area contributed by atoms with Gasteiger partial charge < -0.3 is 29.8 Å². The molecular weight excluding hydrogens is 536 g/mol. The molecule has 224 valence electrons. The summed E-state index contributed by atoms with van der Waals surface area (Å²) in [5.74, 6) is 0.103. The van der Waals surface area contributed by atoms with E-state index >= 15 is 0 Å². The van der Waals surface area contributed by atoms with Gasteiger partial charge in [0.25, 0.3) is 0 Å². The number of likely N-dealkylation sites (tertiary alicyclic amines) is 1. The summed E-state index contributed by atoms with van der Waals surface area (Å²) in [6, 6.07) is 21.6. The summed E-state index contributed by atoms with van der Waals surface area (Å²) >= 11 is 0. The molecule has 0 aliphatic carbocycles. The van der Waals surface area contributed by atoms with E-state index in [4.69, 9.17) is 19.7 Å². The number of benzene rings is 3. The Morgan fingerprint density at radius 1 is 1.02 bits per heavy atom. The minimum Gasteiger partial charge on any atom is -0.497 e. The van der Waals surface area contributed by atoms with E-state index in [0.29, 0.717) is 25.1 Å². The van der Waals surface area contributed by atoms with Crippen LogP contribution in [0.2, 0.25) is 0 Å². The van der Waals surface area contributed by atoms with Crippen LogP contribution in [-0.2, 0) is 9.59 Å². The summed E-state index contributed by atoms with van der Waals surface area (Å²) in [6.45, 7) is 6.22. The summed E-state index contributed by atoms with van der Waals surface area (Å²) in [4.78, 5) is 25.0. The minimum atomic E-state index is -1.08. The third kappa shape index (κ3) is 8.24. The average Bonchev–Trinajstić information content (AvgIpc) is 3.36. The van der Waals surface area contributed by atoms with Gasteiger partial charge in [-0.15, -0.1) is 0 Å². The third-order valence-electron chi connectivity index (χ3n) is 7.74. The topological polar surface area (TPSA) is 132 Å². The summed E-state index contributed by atoms with van der Waals surface area (Å²) in [7, 11) is 1.71. The molecule has 1 aromatic heterocycles. The summed E-state index contributed by atoms with van der Waals surface area (Å²) in [6.07, 6.45) is 1.08. The second-order valence-corrected chi connectivity index (χ2v) is 11.0. The number of piperidine rings is 1. The number of aliphatic hydroxyl groups is 1. The minimum absolute atomic E-state index is 0.296. The van der Waals surface area contributed by atoms with E-state index < -0.39 is 18.0 Å². The van der Waals surface area contributed by atoms with Crippen molar-refractivity contribution < 1.29 is 34.4 Å². The van der Waals surface area contributed by atoms with Gasteiger partial charge in [-0.25, -0.2) is 0 Å². The first-order valence-corrected chi connectivity index (χ1v) is 14.3. The van der Waals surface area contributed by atoms with Crippen molar-refractivity contribution in [2.24, 2.45) is 0 Å². The normalized spacial score (nSPS) is 17.8. The van der Waals surface area contributed by atoms with Crippen molar-refractivity contribution in [1.29, 1.82) is 0 Å². The molecule has 0 radical (unpaired) electrons. The quantitative estimate of drug-likeness (QED) is 0.192. The maximum atomic E-state index is 10.7. The van der Waals surface area contributed by atoms with Crippen molar-refractivity contribution in [1.82, 2.24) is 9.88 Å². The number of nitrogens with one attached hydrogen (secondary N) is 1. The molecule has 5 rings (SSSR count). The number of carbonyl (C=O) groups is 2. The number of aliphatic hydroxyl groups excluding tert-OH is 1. The number of H-pyrrole nitrogens is 1. The van der Waals surface area contributed by atoms with E-state index in [1.165, 1.54) is 16.3 Å². The van der Waals surface area contributed by atoms with Crippen molar-refractivity contribution in [2.75, 3.05) is 26.8 Å². The van der Waals surface area contributed by atoms with Crippen LogP contribution >= 0.6 is 0 Å². The Morgan fingerprint density at radius 3 is 2.43 bits per heavy atom. The molecule has 0 saturated carbocycles. The third-order valence-corrected chi connectivity index (χ3v) is 7.74. The van der Waals surface area contributed by atoms with Gasteiger partial charge in [-0.05, 0) is 85.8 Å². The average molecular weight is 577 g/mol. The fourth-order valence-corrected chi connectivity index (χ4v) is 5.53. The number of carboxylic acids is 2. The molecule has 9 nitrogen and oxygen atoms in total. The van der Waals surface area contributed by atoms with Crippen molar-refractivity contribution in [2.45, 2.75) is 57.6 Å². The Bertz CT molecular complexity index is 1500. The molecular formula is C33H40N2O7. The van der Waals surface area contributed by atoms with Gasteiger partial charge in [0.2, 0.25) is 0 Å². The molecule has 1 fully saturated rings. The van der Waals surface area contributed by atoms with E-state index in [2.05, 4.69) is 53.2 Å². The Hall–Kier alpha value is -4.08. The van der Waals surface area contributed by atoms with Gasteiger partial charge >= 0.3 is 11.9 Å². The smallest absolute Gasteiger partial charge is 0.303 e. The molecule has 1 aliphatic rings. The fourth-order valence-electron chi connectivity index (χ4n) is 5.53. The van der Waals surface area contributed by atoms with E-state index in [0.717, 1.165) is 47.5 Å². The highest BCUT2D eigenvalue weighted by Crippen LogP contribution is 2.34. The molecule has 0 bridgehead atoms. The van der Waals surface area contributed by atoms with E-state index in [9.17, 15) is 14.7 Å². The SMILES string of the molecule is COc1ccc2cc(C3CCN(C[C@H](O)COc4cccc5[nH]c(C)cc45)C(C)C3)ccc2c1.O=C(O)CCC(=O)O. The Morgan fingerprint density at radius 2 is 1.74 bits per heavy atom. The van der Waals surface area contributed by atoms with E-state index in [-0.39, 0.29) is 12.8 Å². The number of ether oxygens (including phenoxy) is 2. The number of hydrogen-bond donors (Lipinski definition) is 4. The predicted molar refractivity (Wildman–Crippen MR) is 163 cm³/mol. The highest BCUT2D eigenvalue weighted by molar-refractivity contribution is 5.86. The summed E-state index contributed by atoms with van der Waals surface area (Å²) < 4.78 is 11.4. The lowest BCUT2D eigenvalue weighted by molar-refractivity contribution is -0.143. The van der Waals surface area contributed by atoms with Crippen LogP contribution in [0.3, 0.4) is 0 Å². The largest absolute Gasteiger partial charge is 0.497 e. The number of rotatable bonds is 10. The lowest BCUT2D eigenvalue weighted by atomic mass is 9.85. The van der Waals surface area contributed by atoms with Crippen LogP contribution in [0.5, 0.6) is 11.5 Å². The van der Waals surface area contributed by atoms with Crippen LogP contribution in [0.4, 0.5) is 0 Å². The van der Waals surface area contributed by atoms with E-state index in [1.807, 2.05) is 31.2 Å². The molecule has 2 unspecified atom stereocenters. The zero-order valence-corrected chi connectivity index (χ0v) is 24.4. The van der Waals surface area contributed by atoms with Crippen molar-refractivity contribution in [3.63, 3.8) is 0 Å². The van der Waals surface area contributed by atoms with Gasteiger partial charge in [-0.3, -0.25) is 14.5 Å². The number of aromatic amines is 1. The molecule has 3 atom stereocenters. The van der Waals surface area contributed by atoms with Gasteiger partial charge in [0.1, 0.15) is 24.2 Å². The molecule has 1 aliphatic heterocycles. The molecule has 4 N–H and O–H groups in total. The molecule has 1 saturated heterocycles. The standard InChI is InChI=1S/C29H34N2O3.C4H6O4/c1-19-13-27-28(30-19)5-4-6-29(27)34-18-25(32)17-31-12-11-24(14-20(31)2)21-7-8-23-16-26(33-3)10-9-22(23)15-21;5-3(6)1-2-4(7)8/h4-10,13,15-16,20,24-25,30,32H,11-12,14,17-18H2,1-3H3;1-2H2,(H,5,6)(H,7,8)/t20?,24?,25-;/m0./s1. The Labute approximate surface area is 245 Å². The van der Waals surface area contributed by atoms with Crippen molar-refractivity contribution >= 4 is 33.6 Å². The van der Waals surface area contributed by atoms with Gasteiger partial charge in [0.15, 0.2) is 0 Å². The van der Waals surface area contributed by atoms with Crippen LogP contribution in [0.15, 0.2) is 60.7 Å². The number of nitrogens with zero attached hydrogens (tertiary/aromatic N) is 1. The molecule has 2 heterocycles. The molecule has 3 aromatic carbocycles. The maximum Gasteiger partial charge on any atom is 0.303 e. The molecule has 42 heavy (non-hydrogen) atoms. The number of fused-ring (bicyclic) bond motifs is 2. The van der Waals surface area contributed by atoms with Gasteiger partial charge in [0.05, 0.1) is 20.0 Å². The molecule has 0 amide bonds. The number of aryl methyl sites for hydroxylation is 1. The van der Waals surface area contributed by atoms with Crippen LogP contribution in [-0.4, -0.2) is 76.1 Å². The highest BCUT2D eigenvalue weighted by Gasteiger charge is 2.28. The second kappa shape index (κ2) is 14.2. The lowest BCUT2D eigenvalue weighted by Gasteiger charge is -2.39. The monoisotopic (exact) mass is 576 g/mol. The first-order valence-electron chi connectivity index (χ1n) is 14.3. The van der Waals surface area contributed by atoms with Crippen molar-refractivity contribution in [3.05, 3.63) is 71.9 Å². The molecule has 9 heteroatoms. The first-order chi connectivity index (χ1) is 20.1. The number of β-amino-alcohol motifs (C(OH)–C–C–N with tert-alkyl or cyclic N) is 1. The molecule has 0 spiro atoms. The predicted octanol–water partition coefficient (Wildman–Crippen LogP) is 5.58. The van der Waals surface area contributed by atoms with Crippen LogP contribution < -0.4 is 9.47 Å². The van der Waals surface area contributed by atoms with E-state index in [1.54, 1.807) is 7.11 Å². The highest BCUT2D eigenvalue weighted by atomic mass is 16.5. The zero-order valence-electron chi connectivity index (χ0n) is 24.4. The Kier molecular flexibility index (Phi) is 10.4. The van der Waals surface area contributed by atoms with Gasteiger partial charge in [-0.1, -0.05) is 30.3 Å². The van der Waals surface area contributed by atoms with Gasteiger partial charge in [-0.2, -0.15) is 0 Å². The van der Waals surface area contributed by atoms with Crippen LogP contribution in [0.1, 0.15) is 49.8 Å². The second-order valence-electron chi connectivity index (χ2n) is 11.0. The number of aliphatic carboxylic acids is 2. The number of hydrogen-bond acceptors (Lipinski definition) is 6. The summed E-state index contributed by atoms with van der Waals surface area (Å²) in [5.41, 5.74) is 3.57. The van der Waals surface area contributed by atoms with Crippen LogP contribution in [0.25, 0.3) is 21.7 Å². The fraction of sp³-hybridized carbons (Fsp3) is 0.394. The first kappa shape index (κ1) is 30.9.